The molecule has 0 aromatic carbocycles. The van der Waals surface area contributed by atoms with Gasteiger partial charge >= 0.3 is 5.97 Å². The van der Waals surface area contributed by atoms with Crippen LogP contribution in [0.15, 0.2) is 0 Å². The molecule has 3 heteroatoms. The van der Waals surface area contributed by atoms with Crippen LogP contribution in [0.3, 0.4) is 0 Å². The number of carboxylic acids is 1. The van der Waals surface area contributed by atoms with Gasteiger partial charge in [0.15, 0.2) is 0 Å². The van der Waals surface area contributed by atoms with Crippen LogP contribution >= 0.6 is 0 Å². The summed E-state index contributed by atoms with van der Waals surface area (Å²) in [4.78, 5) is 11.2. The lowest BCUT2D eigenvalue weighted by Gasteiger charge is -2.54. The van der Waals surface area contributed by atoms with E-state index in [0.29, 0.717) is 19.6 Å². The highest BCUT2D eigenvalue weighted by Crippen LogP contribution is 2.51. The number of aliphatic carboxylic acids is 1. The van der Waals surface area contributed by atoms with Crippen molar-refractivity contribution in [3.05, 3.63) is 0 Å². The van der Waals surface area contributed by atoms with Crippen molar-refractivity contribution in [2.75, 3.05) is 13.2 Å². The third-order valence-electron chi connectivity index (χ3n) is 3.59. The Morgan fingerprint density at radius 2 is 2.00 bits per heavy atom. The lowest BCUT2D eigenvalue weighted by atomic mass is 9.57. The van der Waals surface area contributed by atoms with Gasteiger partial charge in [-0.1, -0.05) is 27.7 Å². The maximum atomic E-state index is 11.2. The maximum absolute atomic E-state index is 11.2. The minimum atomic E-state index is -0.689. The van der Waals surface area contributed by atoms with Crippen molar-refractivity contribution >= 4 is 5.97 Å². The third-order valence-corrected chi connectivity index (χ3v) is 3.59. The second-order valence-electron chi connectivity index (χ2n) is 5.20. The zero-order chi connectivity index (χ0) is 11.0. The summed E-state index contributed by atoms with van der Waals surface area (Å²) < 4.78 is 5.23. The topological polar surface area (TPSA) is 46.5 Å². The van der Waals surface area contributed by atoms with Gasteiger partial charge in [0.1, 0.15) is 0 Å². The highest BCUT2D eigenvalue weighted by Gasteiger charge is 2.55. The Kier molecular flexibility index (Phi) is 2.91. The third kappa shape index (κ3) is 1.54. The lowest BCUT2D eigenvalue weighted by Crippen LogP contribution is -2.58. The Morgan fingerprint density at radius 3 is 2.07 bits per heavy atom. The average molecular weight is 200 g/mol. The second kappa shape index (κ2) is 3.54. The van der Waals surface area contributed by atoms with E-state index >= 15 is 0 Å². The van der Waals surface area contributed by atoms with E-state index in [-0.39, 0.29) is 16.7 Å². The maximum Gasteiger partial charge on any atom is 0.307 e. The fourth-order valence-electron chi connectivity index (χ4n) is 2.28. The average Bonchev–Trinajstić information content (AvgIpc) is 1.92. The predicted molar refractivity (Wildman–Crippen MR) is 54.1 cm³/mol. The molecule has 1 saturated heterocycles. The van der Waals surface area contributed by atoms with Gasteiger partial charge in [-0.2, -0.15) is 0 Å². The van der Waals surface area contributed by atoms with Crippen LogP contribution in [-0.4, -0.2) is 24.3 Å². The molecular formula is C11H20O3. The van der Waals surface area contributed by atoms with Gasteiger partial charge in [0.25, 0.3) is 0 Å². The van der Waals surface area contributed by atoms with E-state index in [2.05, 4.69) is 20.8 Å². The standard InChI is InChI=1S/C11H20O3/c1-5-8(9(12)13)11(6-14-7-11)10(2,3)4/h8H,5-7H2,1-4H3,(H,12,13). The van der Waals surface area contributed by atoms with Gasteiger partial charge in [-0.25, -0.2) is 0 Å². The lowest BCUT2D eigenvalue weighted by molar-refractivity contribution is -0.211. The van der Waals surface area contributed by atoms with Gasteiger partial charge in [-0.05, 0) is 11.8 Å². The molecule has 14 heavy (non-hydrogen) atoms. The van der Waals surface area contributed by atoms with Crippen molar-refractivity contribution in [1.82, 2.24) is 0 Å². The second-order valence-corrected chi connectivity index (χ2v) is 5.20. The minimum absolute atomic E-state index is 0.00961. The molecule has 1 unspecified atom stereocenters. The summed E-state index contributed by atoms with van der Waals surface area (Å²) in [5, 5.41) is 9.18. The Bertz CT molecular complexity index is 223. The SMILES string of the molecule is CCC(C(=O)O)C1(C(C)(C)C)COC1. The number of rotatable bonds is 3. The molecule has 1 aliphatic heterocycles. The number of hydrogen-bond donors (Lipinski definition) is 1. The molecule has 1 atom stereocenters. The summed E-state index contributed by atoms with van der Waals surface area (Å²) in [7, 11) is 0. The summed E-state index contributed by atoms with van der Waals surface area (Å²) in [6.07, 6.45) is 0.677. The fourth-order valence-corrected chi connectivity index (χ4v) is 2.28. The minimum Gasteiger partial charge on any atom is -0.481 e. The van der Waals surface area contributed by atoms with Crippen LogP contribution in [0.2, 0.25) is 0 Å². The van der Waals surface area contributed by atoms with Crippen molar-refractivity contribution in [3.63, 3.8) is 0 Å². The number of carboxylic acid groups (broad SMARTS) is 1. The molecule has 1 fully saturated rings. The molecule has 1 heterocycles. The van der Waals surface area contributed by atoms with Crippen molar-refractivity contribution in [2.24, 2.45) is 16.7 Å². The van der Waals surface area contributed by atoms with Crippen LogP contribution < -0.4 is 0 Å². The highest BCUT2D eigenvalue weighted by atomic mass is 16.5. The van der Waals surface area contributed by atoms with Crippen LogP contribution in [0.4, 0.5) is 0 Å². The summed E-state index contributed by atoms with van der Waals surface area (Å²) in [5.41, 5.74) is -0.183. The molecular weight excluding hydrogens is 180 g/mol. The van der Waals surface area contributed by atoms with Gasteiger partial charge in [-0.3, -0.25) is 4.79 Å². The van der Waals surface area contributed by atoms with E-state index in [0.717, 1.165) is 0 Å². The van der Waals surface area contributed by atoms with Gasteiger partial charge in [0.2, 0.25) is 0 Å². The normalized spacial score (nSPS) is 22.6. The monoisotopic (exact) mass is 200 g/mol. The molecule has 1 aliphatic rings. The Hall–Kier alpha value is -0.570. The van der Waals surface area contributed by atoms with Crippen molar-refractivity contribution in [1.29, 1.82) is 0 Å². The van der Waals surface area contributed by atoms with E-state index in [1.54, 1.807) is 0 Å². The van der Waals surface area contributed by atoms with Crippen LogP contribution in [0, 0.1) is 16.7 Å². The van der Waals surface area contributed by atoms with E-state index in [4.69, 9.17) is 4.74 Å². The summed E-state index contributed by atoms with van der Waals surface area (Å²) in [6.45, 7) is 9.40. The van der Waals surface area contributed by atoms with Crippen molar-refractivity contribution in [2.45, 2.75) is 34.1 Å². The van der Waals surface area contributed by atoms with Crippen molar-refractivity contribution < 1.29 is 14.6 Å². The van der Waals surface area contributed by atoms with Crippen LogP contribution in [-0.2, 0) is 9.53 Å². The largest absolute Gasteiger partial charge is 0.481 e. The predicted octanol–water partition coefficient (Wildman–Crippen LogP) is 2.16. The zero-order valence-electron chi connectivity index (χ0n) is 9.46. The molecule has 1 rings (SSSR count). The number of ether oxygens (including phenoxy) is 1. The van der Waals surface area contributed by atoms with E-state index in [1.807, 2.05) is 6.92 Å². The van der Waals surface area contributed by atoms with Gasteiger partial charge in [-0.15, -0.1) is 0 Å². The smallest absolute Gasteiger partial charge is 0.307 e. The molecule has 0 aromatic heterocycles. The molecule has 0 radical (unpaired) electrons. The molecule has 0 spiro atoms. The molecule has 1 N–H and O–H groups in total. The zero-order valence-corrected chi connectivity index (χ0v) is 9.46. The number of carbonyl (C=O) groups is 1. The fraction of sp³-hybridized carbons (Fsp3) is 0.909. The summed E-state index contributed by atoms with van der Waals surface area (Å²) in [6, 6.07) is 0. The number of hydrogen-bond acceptors (Lipinski definition) is 2. The van der Waals surface area contributed by atoms with Crippen LogP contribution in [0.25, 0.3) is 0 Å². The highest BCUT2D eigenvalue weighted by molar-refractivity contribution is 5.71. The van der Waals surface area contributed by atoms with E-state index < -0.39 is 5.97 Å². The van der Waals surface area contributed by atoms with E-state index in [1.165, 1.54) is 0 Å². The first kappa shape index (κ1) is 11.5. The summed E-state index contributed by atoms with van der Waals surface area (Å²) >= 11 is 0. The molecule has 0 amide bonds. The van der Waals surface area contributed by atoms with Gasteiger partial charge in [0, 0.05) is 5.41 Å². The first-order valence-electron chi connectivity index (χ1n) is 5.15. The first-order valence-corrected chi connectivity index (χ1v) is 5.15. The molecule has 0 saturated carbocycles. The van der Waals surface area contributed by atoms with Crippen molar-refractivity contribution in [3.8, 4) is 0 Å². The summed E-state index contributed by atoms with van der Waals surface area (Å²) in [5.74, 6) is -0.970. The molecule has 3 nitrogen and oxygen atoms in total. The van der Waals surface area contributed by atoms with Gasteiger partial charge < -0.3 is 9.84 Å². The molecule has 82 valence electrons. The first-order chi connectivity index (χ1) is 6.35. The van der Waals surface area contributed by atoms with E-state index in [9.17, 15) is 9.90 Å². The molecule has 0 bridgehead atoms. The Morgan fingerprint density at radius 1 is 1.50 bits per heavy atom. The van der Waals surface area contributed by atoms with Crippen LogP contribution in [0.5, 0.6) is 0 Å². The Balaban J connectivity index is 2.94. The van der Waals surface area contributed by atoms with Crippen LogP contribution in [0.1, 0.15) is 34.1 Å². The quantitative estimate of drug-likeness (QED) is 0.759. The molecule has 0 aromatic rings. The van der Waals surface area contributed by atoms with Gasteiger partial charge in [0.05, 0.1) is 19.1 Å². The Labute approximate surface area is 85.5 Å². The molecule has 0 aliphatic carbocycles.